The molecule has 0 aliphatic carbocycles. The van der Waals surface area contributed by atoms with E-state index >= 15 is 0 Å². The van der Waals surface area contributed by atoms with E-state index in [-0.39, 0.29) is 12.3 Å². The zero-order valence-electron chi connectivity index (χ0n) is 7.29. The first-order chi connectivity index (χ1) is 6.87. The van der Waals surface area contributed by atoms with E-state index in [1.165, 1.54) is 24.3 Å². The Bertz CT molecular complexity index is 455. The number of hydrogen-bond donors (Lipinski definition) is 0. The van der Waals surface area contributed by atoms with Gasteiger partial charge in [0.2, 0.25) is 6.54 Å². The van der Waals surface area contributed by atoms with Crippen molar-refractivity contribution in [3.05, 3.63) is 39.9 Å². The first-order valence-corrected chi connectivity index (χ1v) is 5.95. The van der Waals surface area contributed by atoms with E-state index in [2.05, 4.69) is 4.18 Å². The molecule has 0 amide bonds. The van der Waals surface area contributed by atoms with E-state index in [4.69, 9.17) is 10.7 Å². The van der Waals surface area contributed by atoms with Crippen molar-refractivity contribution in [2.45, 2.75) is 6.54 Å². The highest BCUT2D eigenvalue weighted by molar-refractivity contribution is 8.10. The minimum absolute atomic E-state index is 0.0112. The molecule has 15 heavy (non-hydrogen) atoms. The van der Waals surface area contributed by atoms with Crippen LogP contribution in [-0.4, -0.2) is 13.3 Å². The van der Waals surface area contributed by atoms with Gasteiger partial charge in [-0.25, -0.2) is 0 Å². The highest BCUT2D eigenvalue weighted by Gasteiger charge is 2.07. The summed E-state index contributed by atoms with van der Waals surface area (Å²) < 4.78 is 25.3. The second kappa shape index (κ2) is 4.45. The minimum atomic E-state index is -4.07. The summed E-state index contributed by atoms with van der Waals surface area (Å²) >= 11 is 0. The van der Waals surface area contributed by atoms with Gasteiger partial charge in [-0.05, 0) is 24.3 Å². The van der Waals surface area contributed by atoms with Gasteiger partial charge in [0.15, 0.2) is 0 Å². The van der Waals surface area contributed by atoms with Gasteiger partial charge < -0.3 is 4.18 Å². The predicted octanol–water partition coefficient (Wildman–Crippen LogP) is 1.33. The molecule has 0 bridgehead atoms. The lowest BCUT2D eigenvalue weighted by atomic mass is 10.2. The SMILES string of the molecule is O=[N+]([O-])Cc1ccc(OS(=O)(=O)Cl)cc1. The topological polar surface area (TPSA) is 86.5 Å². The summed E-state index contributed by atoms with van der Waals surface area (Å²) in [5.41, 5.74) is 0.444. The molecular weight excluding hydrogens is 246 g/mol. The van der Waals surface area contributed by atoms with Crippen LogP contribution in [0.4, 0.5) is 0 Å². The molecule has 1 rings (SSSR count). The Morgan fingerprint density at radius 3 is 2.27 bits per heavy atom. The molecule has 0 atom stereocenters. The van der Waals surface area contributed by atoms with Gasteiger partial charge in [0.05, 0.1) is 10.7 Å². The third-order valence-corrected chi connectivity index (χ3v) is 2.01. The van der Waals surface area contributed by atoms with Gasteiger partial charge in [-0.15, -0.1) is 0 Å². The lowest BCUT2D eigenvalue weighted by Crippen LogP contribution is -2.01. The smallest absolute Gasteiger partial charge is 0.371 e. The number of hydrogen-bond acceptors (Lipinski definition) is 5. The monoisotopic (exact) mass is 251 g/mol. The zero-order chi connectivity index (χ0) is 11.5. The normalized spacial score (nSPS) is 11.0. The highest BCUT2D eigenvalue weighted by atomic mass is 35.7. The maximum atomic E-state index is 10.5. The van der Waals surface area contributed by atoms with Crippen LogP contribution in [0.15, 0.2) is 24.3 Å². The van der Waals surface area contributed by atoms with Gasteiger partial charge in [0, 0.05) is 10.5 Å². The molecule has 6 nitrogen and oxygen atoms in total. The Hall–Kier alpha value is -1.34. The van der Waals surface area contributed by atoms with Crippen molar-refractivity contribution < 1.29 is 17.5 Å². The molecule has 0 aromatic heterocycles. The van der Waals surface area contributed by atoms with Crippen LogP contribution in [0.1, 0.15) is 5.56 Å². The lowest BCUT2D eigenvalue weighted by molar-refractivity contribution is -0.496. The van der Waals surface area contributed by atoms with Crippen molar-refractivity contribution in [3.63, 3.8) is 0 Å². The molecule has 0 radical (unpaired) electrons. The molecule has 1 aromatic rings. The lowest BCUT2D eigenvalue weighted by Gasteiger charge is -2.00. The van der Waals surface area contributed by atoms with Crippen molar-refractivity contribution in [2.24, 2.45) is 0 Å². The first-order valence-electron chi connectivity index (χ1n) is 3.71. The van der Waals surface area contributed by atoms with E-state index < -0.39 is 14.3 Å². The van der Waals surface area contributed by atoms with Crippen LogP contribution in [0.3, 0.4) is 0 Å². The van der Waals surface area contributed by atoms with Gasteiger partial charge in [0.25, 0.3) is 0 Å². The molecule has 0 aliphatic heterocycles. The molecule has 82 valence electrons. The molecule has 0 aliphatic rings. The Morgan fingerprint density at radius 1 is 1.33 bits per heavy atom. The fourth-order valence-electron chi connectivity index (χ4n) is 0.914. The Kier molecular flexibility index (Phi) is 3.48. The van der Waals surface area contributed by atoms with Crippen LogP contribution in [0.5, 0.6) is 5.75 Å². The van der Waals surface area contributed by atoms with Crippen LogP contribution in [0, 0.1) is 10.1 Å². The quantitative estimate of drug-likeness (QED) is 0.458. The maximum absolute atomic E-state index is 10.5. The molecule has 0 fully saturated rings. The number of nitro groups is 1. The van der Waals surface area contributed by atoms with Crippen LogP contribution in [-0.2, 0) is 15.9 Å². The van der Waals surface area contributed by atoms with Crippen molar-refractivity contribution in [1.82, 2.24) is 0 Å². The number of halogens is 1. The largest absolute Gasteiger partial charge is 0.401 e. The molecule has 0 unspecified atom stereocenters. The van der Waals surface area contributed by atoms with Crippen molar-refractivity contribution in [2.75, 3.05) is 0 Å². The Labute approximate surface area is 90.2 Å². The van der Waals surface area contributed by atoms with E-state index in [0.717, 1.165) is 0 Å². The van der Waals surface area contributed by atoms with E-state index in [1.807, 2.05) is 0 Å². The van der Waals surface area contributed by atoms with Crippen LogP contribution < -0.4 is 4.18 Å². The second-order valence-electron chi connectivity index (χ2n) is 2.61. The average molecular weight is 252 g/mol. The van der Waals surface area contributed by atoms with Crippen LogP contribution in [0.25, 0.3) is 0 Å². The van der Waals surface area contributed by atoms with Gasteiger partial charge in [0.1, 0.15) is 5.75 Å². The number of nitrogens with zero attached hydrogens (tertiary/aromatic N) is 1. The van der Waals surface area contributed by atoms with E-state index in [1.54, 1.807) is 0 Å². The minimum Gasteiger partial charge on any atom is -0.371 e. The summed E-state index contributed by atoms with van der Waals surface area (Å²) in [6, 6.07) is 5.36. The van der Waals surface area contributed by atoms with E-state index in [0.29, 0.717) is 5.56 Å². The molecule has 0 saturated heterocycles. The first kappa shape index (κ1) is 11.7. The molecule has 0 saturated carbocycles. The summed E-state index contributed by atoms with van der Waals surface area (Å²) in [5.74, 6) is 0.0112. The number of rotatable bonds is 4. The Morgan fingerprint density at radius 2 is 1.87 bits per heavy atom. The molecular formula is C7H6ClNO5S. The van der Waals surface area contributed by atoms with Crippen molar-refractivity contribution in [3.8, 4) is 5.75 Å². The van der Waals surface area contributed by atoms with Gasteiger partial charge in [-0.3, -0.25) is 10.1 Å². The molecule has 0 N–H and O–H groups in total. The number of benzene rings is 1. The van der Waals surface area contributed by atoms with E-state index in [9.17, 15) is 18.5 Å². The third kappa shape index (κ3) is 4.61. The van der Waals surface area contributed by atoms with Crippen molar-refractivity contribution in [1.29, 1.82) is 0 Å². The zero-order valence-corrected chi connectivity index (χ0v) is 8.86. The fourth-order valence-corrected chi connectivity index (χ4v) is 1.47. The standard InChI is InChI=1S/C7H6ClNO5S/c8-15(12,13)14-7-3-1-6(2-4-7)5-9(10)11/h1-4H,5H2. The van der Waals surface area contributed by atoms with Crippen LogP contribution in [0.2, 0.25) is 0 Å². The van der Waals surface area contributed by atoms with Crippen LogP contribution >= 0.6 is 10.7 Å². The third-order valence-electron chi connectivity index (χ3n) is 1.43. The highest BCUT2D eigenvalue weighted by Crippen LogP contribution is 2.16. The van der Waals surface area contributed by atoms with Crippen molar-refractivity contribution >= 4 is 20.0 Å². The summed E-state index contributed by atoms with van der Waals surface area (Å²) in [5, 5.41) is 10.1. The maximum Gasteiger partial charge on any atom is 0.401 e. The molecule has 8 heteroatoms. The van der Waals surface area contributed by atoms with Gasteiger partial charge >= 0.3 is 9.33 Å². The van der Waals surface area contributed by atoms with Gasteiger partial charge in [-0.1, -0.05) is 0 Å². The average Bonchev–Trinajstić information content (AvgIpc) is 2.05. The second-order valence-corrected chi connectivity index (χ2v) is 4.70. The summed E-state index contributed by atoms with van der Waals surface area (Å²) in [4.78, 5) is 9.65. The van der Waals surface area contributed by atoms with Gasteiger partial charge in [-0.2, -0.15) is 8.42 Å². The Balaban J connectivity index is 2.77. The summed E-state index contributed by atoms with van der Waals surface area (Å²) in [6.07, 6.45) is 0. The fraction of sp³-hybridized carbons (Fsp3) is 0.143. The summed E-state index contributed by atoms with van der Waals surface area (Å²) in [7, 11) is 0.759. The molecule has 0 spiro atoms. The summed E-state index contributed by atoms with van der Waals surface area (Å²) in [6.45, 7) is -0.325. The molecule has 1 aromatic carbocycles. The predicted molar refractivity (Wildman–Crippen MR) is 52.5 cm³/mol. The molecule has 0 heterocycles.